The Balaban J connectivity index is 1.34. The third kappa shape index (κ3) is 7.08. The summed E-state index contributed by atoms with van der Waals surface area (Å²) in [5.74, 6) is 0.955. The lowest BCUT2D eigenvalue weighted by atomic mass is 10.0. The van der Waals surface area contributed by atoms with Gasteiger partial charge in [-0.25, -0.2) is 0 Å². The summed E-state index contributed by atoms with van der Waals surface area (Å²) in [6.45, 7) is 11.6. The highest BCUT2D eigenvalue weighted by Gasteiger charge is 2.29. The van der Waals surface area contributed by atoms with E-state index < -0.39 is 0 Å². The number of rotatable bonds is 8. The highest BCUT2D eigenvalue weighted by Crippen LogP contribution is 2.37. The number of carbonyl (C=O) groups excluding carboxylic acids is 1. The quantitative estimate of drug-likeness (QED) is 0.378. The summed E-state index contributed by atoms with van der Waals surface area (Å²) in [5.41, 5.74) is 10.2. The Kier molecular flexibility index (Phi) is 9.57. The molecule has 0 radical (unpaired) electrons. The third-order valence-corrected chi connectivity index (χ3v) is 9.57. The first kappa shape index (κ1) is 28.0. The van der Waals surface area contributed by atoms with E-state index in [4.69, 9.17) is 5.73 Å². The summed E-state index contributed by atoms with van der Waals surface area (Å²) < 4.78 is 0. The zero-order valence-electron chi connectivity index (χ0n) is 23.3. The van der Waals surface area contributed by atoms with Crippen molar-refractivity contribution in [2.24, 2.45) is 5.73 Å². The van der Waals surface area contributed by atoms with Crippen molar-refractivity contribution in [2.75, 3.05) is 77.2 Å². The van der Waals surface area contributed by atoms with Gasteiger partial charge in [0.05, 0.1) is 12.3 Å². The maximum Gasteiger partial charge on any atom is 0.241 e. The summed E-state index contributed by atoms with van der Waals surface area (Å²) in [5, 5.41) is 11.7. The fourth-order valence-electron chi connectivity index (χ4n) is 5.51. The lowest BCUT2D eigenvalue weighted by Gasteiger charge is -2.43. The number of hydrogen-bond donors (Lipinski definition) is 4. The number of allylic oxidation sites excluding steroid dienone is 1. The maximum absolute atomic E-state index is 12.1. The predicted octanol–water partition coefficient (Wildman–Crippen LogP) is 1.77. The lowest BCUT2D eigenvalue weighted by molar-refractivity contribution is -0.127. The molecule has 2 fully saturated rings. The molecule has 0 aliphatic carbocycles. The molecule has 10 heteroatoms. The van der Waals surface area contributed by atoms with Crippen LogP contribution in [0, 0.1) is 6.92 Å². The van der Waals surface area contributed by atoms with Gasteiger partial charge in [-0.1, -0.05) is 15.5 Å². The molecule has 0 bridgehead atoms. The SMILES string of the molecule is CCC1=C(NCC(=O)N(C)C)NC(Nc2ccc(N3CCC(N4CCN(C)CC4)CC3)c(C)c2)C(N)P1. The Morgan fingerprint density at radius 2 is 1.86 bits per heavy atom. The fourth-order valence-corrected chi connectivity index (χ4v) is 6.76. The van der Waals surface area contributed by atoms with Crippen LogP contribution in [0.3, 0.4) is 0 Å². The molecule has 9 nitrogen and oxygen atoms in total. The van der Waals surface area contributed by atoms with Crippen molar-refractivity contribution in [3.05, 3.63) is 34.9 Å². The van der Waals surface area contributed by atoms with Crippen LogP contribution in [0.5, 0.6) is 0 Å². The van der Waals surface area contributed by atoms with Crippen molar-refractivity contribution in [1.29, 1.82) is 0 Å². The molecule has 3 aliphatic heterocycles. The molecule has 1 aromatic carbocycles. The molecule has 3 unspecified atom stereocenters. The van der Waals surface area contributed by atoms with E-state index in [0.29, 0.717) is 8.58 Å². The Morgan fingerprint density at radius 3 is 2.49 bits per heavy atom. The van der Waals surface area contributed by atoms with Gasteiger partial charge in [0.15, 0.2) is 0 Å². The van der Waals surface area contributed by atoms with Gasteiger partial charge in [-0.3, -0.25) is 9.69 Å². The zero-order chi connectivity index (χ0) is 26.5. The van der Waals surface area contributed by atoms with Crippen LogP contribution in [0.2, 0.25) is 0 Å². The average molecular weight is 531 g/mol. The number of carbonyl (C=O) groups is 1. The van der Waals surface area contributed by atoms with Gasteiger partial charge in [0.2, 0.25) is 5.91 Å². The number of anilines is 2. The number of nitrogens with one attached hydrogen (secondary N) is 3. The average Bonchev–Trinajstić information content (AvgIpc) is 2.89. The standard InChI is InChI=1S/C27H47N8OP/c1-6-23-26(29-18-24(36)32(3)4)31-27(25(28)37-23)30-20-7-8-22(19(2)17-20)35-11-9-21(10-12-35)34-15-13-33(5)14-16-34/h7-8,17,21,25,27,29-31,37H,6,9-16,18,28H2,1-5H3. The smallest absolute Gasteiger partial charge is 0.241 e. The monoisotopic (exact) mass is 530 g/mol. The number of nitrogens with zero attached hydrogens (tertiary/aromatic N) is 4. The Bertz CT molecular complexity index is 954. The van der Waals surface area contributed by atoms with E-state index in [2.05, 4.69) is 69.7 Å². The van der Waals surface area contributed by atoms with E-state index in [-0.39, 0.29) is 24.4 Å². The van der Waals surface area contributed by atoms with Crippen molar-refractivity contribution in [2.45, 2.75) is 51.1 Å². The number of amides is 1. The van der Waals surface area contributed by atoms with Crippen molar-refractivity contribution in [1.82, 2.24) is 25.3 Å². The Morgan fingerprint density at radius 1 is 1.16 bits per heavy atom. The van der Waals surface area contributed by atoms with Crippen LogP contribution in [0.4, 0.5) is 11.4 Å². The number of piperidine rings is 1. The highest BCUT2D eigenvalue weighted by molar-refractivity contribution is 7.44. The number of nitrogens with two attached hydrogens (primary N) is 1. The summed E-state index contributed by atoms with van der Waals surface area (Å²) in [7, 11) is 6.28. The second kappa shape index (κ2) is 12.7. The molecule has 206 valence electrons. The molecule has 3 atom stereocenters. The van der Waals surface area contributed by atoms with Crippen LogP contribution in [-0.2, 0) is 4.79 Å². The highest BCUT2D eigenvalue weighted by atomic mass is 31.1. The van der Waals surface area contributed by atoms with Gasteiger partial charge < -0.3 is 36.4 Å². The van der Waals surface area contributed by atoms with E-state index in [0.717, 1.165) is 37.1 Å². The Labute approximate surface area is 224 Å². The lowest BCUT2D eigenvalue weighted by Crippen LogP contribution is -2.53. The third-order valence-electron chi connectivity index (χ3n) is 7.95. The number of likely N-dealkylation sites (N-methyl/N-ethyl adjacent to an activating group) is 2. The van der Waals surface area contributed by atoms with Crippen molar-refractivity contribution >= 4 is 25.9 Å². The van der Waals surface area contributed by atoms with Crippen LogP contribution >= 0.6 is 8.58 Å². The van der Waals surface area contributed by atoms with Crippen LogP contribution in [-0.4, -0.2) is 106 Å². The molecule has 3 aliphatic rings. The van der Waals surface area contributed by atoms with Gasteiger partial charge in [0, 0.05) is 70.8 Å². The summed E-state index contributed by atoms with van der Waals surface area (Å²) in [6.07, 6.45) is 3.28. The van der Waals surface area contributed by atoms with E-state index >= 15 is 0 Å². The first-order chi connectivity index (χ1) is 17.7. The second-order valence-electron chi connectivity index (χ2n) is 10.8. The van der Waals surface area contributed by atoms with Crippen molar-refractivity contribution in [3.8, 4) is 0 Å². The van der Waals surface area contributed by atoms with Crippen LogP contribution < -0.4 is 26.6 Å². The molecular formula is C27H47N8OP. The number of piperazine rings is 1. The van der Waals surface area contributed by atoms with Gasteiger partial charge in [-0.2, -0.15) is 0 Å². The van der Waals surface area contributed by atoms with Gasteiger partial charge >= 0.3 is 0 Å². The van der Waals surface area contributed by atoms with Crippen LogP contribution in [0.15, 0.2) is 29.3 Å². The van der Waals surface area contributed by atoms with Gasteiger partial charge in [-0.15, -0.1) is 0 Å². The van der Waals surface area contributed by atoms with E-state index in [9.17, 15) is 4.79 Å². The molecule has 0 aromatic heterocycles. The maximum atomic E-state index is 12.1. The molecule has 2 saturated heterocycles. The number of hydrogen-bond acceptors (Lipinski definition) is 8. The molecule has 1 amide bonds. The van der Waals surface area contributed by atoms with E-state index in [1.807, 2.05) is 0 Å². The second-order valence-corrected chi connectivity index (χ2v) is 12.4. The van der Waals surface area contributed by atoms with Crippen LogP contribution in [0.25, 0.3) is 0 Å². The van der Waals surface area contributed by atoms with E-state index in [1.54, 1.807) is 19.0 Å². The number of aryl methyl sites for hydroxylation is 1. The van der Waals surface area contributed by atoms with Gasteiger partial charge in [0.1, 0.15) is 12.0 Å². The fraction of sp³-hybridized carbons (Fsp3) is 0.667. The molecule has 1 aromatic rings. The topological polar surface area (TPSA) is 92.1 Å². The predicted molar refractivity (Wildman–Crippen MR) is 156 cm³/mol. The molecule has 4 rings (SSSR count). The summed E-state index contributed by atoms with van der Waals surface area (Å²) >= 11 is 0. The van der Waals surface area contributed by atoms with Crippen molar-refractivity contribution < 1.29 is 4.79 Å². The largest absolute Gasteiger partial charge is 0.371 e. The molecule has 3 heterocycles. The zero-order valence-corrected chi connectivity index (χ0v) is 24.3. The summed E-state index contributed by atoms with van der Waals surface area (Å²) in [6, 6.07) is 7.39. The molecule has 5 N–H and O–H groups in total. The van der Waals surface area contributed by atoms with Crippen molar-refractivity contribution in [3.63, 3.8) is 0 Å². The minimum absolute atomic E-state index is 0.0290. The molecule has 0 spiro atoms. The van der Waals surface area contributed by atoms with E-state index in [1.165, 1.54) is 55.6 Å². The Hall–Kier alpha value is -2.06. The molecule has 37 heavy (non-hydrogen) atoms. The molecule has 0 saturated carbocycles. The van der Waals surface area contributed by atoms with Gasteiger partial charge in [-0.05, 0) is 62.3 Å². The number of benzene rings is 1. The minimum Gasteiger partial charge on any atom is -0.371 e. The first-order valence-electron chi connectivity index (χ1n) is 13.8. The van der Waals surface area contributed by atoms with Gasteiger partial charge in [0.25, 0.3) is 0 Å². The normalized spacial score (nSPS) is 24.8. The molecular weight excluding hydrogens is 483 g/mol. The van der Waals surface area contributed by atoms with Crippen LogP contribution in [0.1, 0.15) is 31.7 Å². The minimum atomic E-state index is -0.102. The summed E-state index contributed by atoms with van der Waals surface area (Å²) in [4.78, 5) is 21.4. The first-order valence-corrected chi connectivity index (χ1v) is 14.8.